The highest BCUT2D eigenvalue weighted by Gasteiger charge is 2.07. The number of nitrogens with zero attached hydrogens (tertiary/aromatic N) is 3. The second-order valence-electron chi connectivity index (χ2n) is 4.31. The van der Waals surface area contributed by atoms with Crippen LogP contribution in [-0.4, -0.2) is 26.8 Å². The zero-order valence-corrected chi connectivity index (χ0v) is 12.3. The van der Waals surface area contributed by atoms with Gasteiger partial charge in [0.05, 0.1) is 23.9 Å². The van der Waals surface area contributed by atoms with Crippen molar-refractivity contribution in [2.24, 2.45) is 0 Å². The molecule has 1 N–H and O–H groups in total. The minimum Gasteiger partial charge on any atom is -0.463 e. The number of pyridine rings is 1. The first-order valence-corrected chi connectivity index (χ1v) is 7.50. The van der Waals surface area contributed by atoms with Crippen molar-refractivity contribution in [2.45, 2.75) is 5.03 Å². The molecule has 0 unspecified atom stereocenters. The van der Waals surface area contributed by atoms with Crippen LogP contribution < -0.4 is 5.32 Å². The van der Waals surface area contributed by atoms with Gasteiger partial charge >= 0.3 is 0 Å². The summed E-state index contributed by atoms with van der Waals surface area (Å²) in [4.78, 5) is 15.8. The molecule has 0 saturated carbocycles. The number of rotatable bonds is 5. The molecule has 6 nitrogen and oxygen atoms in total. The van der Waals surface area contributed by atoms with Gasteiger partial charge < -0.3 is 9.73 Å². The Labute approximate surface area is 131 Å². The molecule has 0 aliphatic carbocycles. The molecular weight excluding hydrogens is 300 g/mol. The van der Waals surface area contributed by atoms with Crippen LogP contribution in [0.1, 0.15) is 0 Å². The van der Waals surface area contributed by atoms with Crippen LogP contribution in [-0.2, 0) is 4.79 Å². The predicted octanol–water partition coefficient (Wildman–Crippen LogP) is 2.86. The highest BCUT2D eigenvalue weighted by atomic mass is 32.2. The molecule has 0 aromatic carbocycles. The molecule has 110 valence electrons. The summed E-state index contributed by atoms with van der Waals surface area (Å²) in [5.74, 6) is 0.803. The van der Waals surface area contributed by atoms with Gasteiger partial charge in [-0.15, -0.1) is 10.2 Å². The number of furan rings is 1. The first-order chi connectivity index (χ1) is 10.8. The molecule has 0 bridgehead atoms. The Morgan fingerprint density at radius 1 is 1.18 bits per heavy atom. The predicted molar refractivity (Wildman–Crippen MR) is 83.3 cm³/mol. The molecule has 3 rings (SSSR count). The van der Waals surface area contributed by atoms with Crippen molar-refractivity contribution in [3.8, 4) is 11.5 Å². The van der Waals surface area contributed by atoms with Crippen molar-refractivity contribution < 1.29 is 9.21 Å². The van der Waals surface area contributed by atoms with E-state index in [4.69, 9.17) is 4.42 Å². The van der Waals surface area contributed by atoms with E-state index in [1.807, 2.05) is 18.2 Å². The van der Waals surface area contributed by atoms with E-state index in [0.29, 0.717) is 22.2 Å². The SMILES string of the molecule is O=C(CSc1ccc(-c2ccco2)nn1)Nc1cccnc1. The van der Waals surface area contributed by atoms with Crippen LogP contribution in [0.2, 0.25) is 0 Å². The minimum atomic E-state index is -0.116. The number of thioether (sulfide) groups is 1. The van der Waals surface area contributed by atoms with Crippen LogP contribution in [0.25, 0.3) is 11.5 Å². The summed E-state index contributed by atoms with van der Waals surface area (Å²) in [6, 6.07) is 10.8. The smallest absolute Gasteiger partial charge is 0.234 e. The van der Waals surface area contributed by atoms with E-state index in [-0.39, 0.29) is 11.7 Å². The van der Waals surface area contributed by atoms with Crippen LogP contribution in [0.4, 0.5) is 5.69 Å². The van der Waals surface area contributed by atoms with Gasteiger partial charge in [-0.05, 0) is 36.4 Å². The Balaban J connectivity index is 1.54. The zero-order chi connectivity index (χ0) is 15.2. The largest absolute Gasteiger partial charge is 0.463 e. The highest BCUT2D eigenvalue weighted by molar-refractivity contribution is 7.99. The molecule has 0 saturated heterocycles. The second kappa shape index (κ2) is 6.86. The standard InChI is InChI=1S/C15H12N4O2S/c20-14(17-11-3-1-7-16-9-11)10-22-15-6-5-12(18-19-15)13-4-2-8-21-13/h1-9H,10H2,(H,17,20). The fourth-order valence-corrected chi connectivity index (χ4v) is 2.34. The second-order valence-corrected chi connectivity index (χ2v) is 5.31. The van der Waals surface area contributed by atoms with Crippen LogP contribution >= 0.6 is 11.8 Å². The van der Waals surface area contributed by atoms with Crippen molar-refractivity contribution in [1.82, 2.24) is 15.2 Å². The third-order valence-electron chi connectivity index (χ3n) is 2.71. The van der Waals surface area contributed by atoms with Gasteiger partial charge in [0, 0.05) is 6.20 Å². The summed E-state index contributed by atoms with van der Waals surface area (Å²) in [5.41, 5.74) is 1.33. The van der Waals surface area contributed by atoms with Crippen molar-refractivity contribution in [3.05, 3.63) is 55.1 Å². The fourth-order valence-electron chi connectivity index (χ4n) is 1.73. The summed E-state index contributed by atoms with van der Waals surface area (Å²) in [6.07, 6.45) is 4.84. The maximum atomic E-state index is 11.8. The summed E-state index contributed by atoms with van der Waals surface area (Å²) in [7, 11) is 0. The fraction of sp³-hybridized carbons (Fsp3) is 0.0667. The normalized spacial score (nSPS) is 10.4. The number of aromatic nitrogens is 3. The molecule has 3 aromatic heterocycles. The average Bonchev–Trinajstić information content (AvgIpc) is 3.09. The van der Waals surface area contributed by atoms with Gasteiger partial charge in [0.2, 0.25) is 5.91 Å². The van der Waals surface area contributed by atoms with E-state index in [0.717, 1.165) is 0 Å². The molecule has 0 fully saturated rings. The molecule has 7 heteroatoms. The van der Waals surface area contributed by atoms with Crippen molar-refractivity contribution in [2.75, 3.05) is 11.1 Å². The lowest BCUT2D eigenvalue weighted by atomic mass is 10.3. The minimum absolute atomic E-state index is 0.116. The van der Waals surface area contributed by atoms with E-state index in [2.05, 4.69) is 20.5 Å². The monoisotopic (exact) mass is 312 g/mol. The van der Waals surface area contributed by atoms with Gasteiger partial charge in [0.25, 0.3) is 0 Å². The quantitative estimate of drug-likeness (QED) is 0.730. The number of nitrogens with one attached hydrogen (secondary N) is 1. The molecule has 3 heterocycles. The van der Waals surface area contributed by atoms with Gasteiger partial charge in [-0.1, -0.05) is 11.8 Å². The van der Waals surface area contributed by atoms with E-state index in [1.165, 1.54) is 11.8 Å². The molecular formula is C15H12N4O2S. The molecule has 0 aliphatic heterocycles. The van der Waals surface area contributed by atoms with Crippen molar-refractivity contribution >= 4 is 23.4 Å². The summed E-state index contributed by atoms with van der Waals surface area (Å²) < 4.78 is 5.24. The van der Waals surface area contributed by atoms with Gasteiger partial charge in [0.15, 0.2) is 5.76 Å². The molecule has 0 radical (unpaired) electrons. The van der Waals surface area contributed by atoms with E-state index in [1.54, 1.807) is 36.9 Å². The Bertz CT molecular complexity index is 730. The number of carbonyl (C=O) groups excluding carboxylic acids is 1. The van der Waals surface area contributed by atoms with Gasteiger partial charge in [-0.25, -0.2) is 0 Å². The van der Waals surface area contributed by atoms with Gasteiger partial charge in [0.1, 0.15) is 10.7 Å². The number of anilines is 1. The zero-order valence-electron chi connectivity index (χ0n) is 11.5. The number of hydrogen-bond donors (Lipinski definition) is 1. The van der Waals surface area contributed by atoms with E-state index >= 15 is 0 Å². The first-order valence-electron chi connectivity index (χ1n) is 6.51. The maximum Gasteiger partial charge on any atom is 0.234 e. The average molecular weight is 312 g/mol. The van der Waals surface area contributed by atoms with Gasteiger partial charge in [-0.2, -0.15) is 0 Å². The molecule has 3 aromatic rings. The lowest BCUT2D eigenvalue weighted by Crippen LogP contribution is -2.14. The van der Waals surface area contributed by atoms with Crippen LogP contribution in [0, 0.1) is 0 Å². The summed E-state index contributed by atoms with van der Waals surface area (Å²) >= 11 is 1.32. The topological polar surface area (TPSA) is 80.9 Å². The Kier molecular flexibility index (Phi) is 4.45. The number of hydrogen-bond acceptors (Lipinski definition) is 6. The molecule has 22 heavy (non-hydrogen) atoms. The molecule has 1 amide bonds. The Morgan fingerprint density at radius 3 is 2.82 bits per heavy atom. The summed E-state index contributed by atoms with van der Waals surface area (Å²) in [6.45, 7) is 0. The van der Waals surface area contributed by atoms with Crippen LogP contribution in [0.15, 0.2) is 64.5 Å². The lowest BCUT2D eigenvalue weighted by Gasteiger charge is -2.04. The van der Waals surface area contributed by atoms with E-state index in [9.17, 15) is 4.79 Å². The van der Waals surface area contributed by atoms with Crippen LogP contribution in [0.5, 0.6) is 0 Å². The van der Waals surface area contributed by atoms with Gasteiger partial charge in [-0.3, -0.25) is 9.78 Å². The molecule has 0 aliphatic rings. The maximum absolute atomic E-state index is 11.8. The van der Waals surface area contributed by atoms with Crippen LogP contribution in [0.3, 0.4) is 0 Å². The lowest BCUT2D eigenvalue weighted by molar-refractivity contribution is -0.113. The highest BCUT2D eigenvalue weighted by Crippen LogP contribution is 2.20. The first kappa shape index (κ1) is 14.3. The molecule has 0 atom stereocenters. The third-order valence-corrected chi connectivity index (χ3v) is 3.63. The molecule has 0 spiro atoms. The van der Waals surface area contributed by atoms with E-state index < -0.39 is 0 Å². The van der Waals surface area contributed by atoms with Crippen molar-refractivity contribution in [3.63, 3.8) is 0 Å². The Hall–Kier alpha value is -2.67. The number of amides is 1. The Morgan fingerprint density at radius 2 is 2.14 bits per heavy atom. The number of carbonyl (C=O) groups is 1. The van der Waals surface area contributed by atoms with Crippen molar-refractivity contribution in [1.29, 1.82) is 0 Å². The summed E-state index contributed by atoms with van der Waals surface area (Å²) in [5, 5.41) is 11.6. The third kappa shape index (κ3) is 3.70.